The molecule has 242 valence electrons. The number of carbonyl (C=O) groups is 2. The van der Waals surface area contributed by atoms with Crippen molar-refractivity contribution in [3.63, 3.8) is 0 Å². The molecule has 2 aromatic rings. The normalized spacial score (nSPS) is 19.9. The topological polar surface area (TPSA) is 67.9 Å². The highest BCUT2D eigenvalue weighted by Crippen LogP contribution is 2.33. The third-order valence-electron chi connectivity index (χ3n) is 8.26. The molecule has 0 aromatic heterocycles. The number of nitrogens with one attached hydrogen (secondary N) is 2. The van der Waals surface area contributed by atoms with Crippen LogP contribution in [0.25, 0.3) is 0 Å². The van der Waals surface area contributed by atoms with Crippen LogP contribution in [-0.2, 0) is 11.3 Å². The zero-order chi connectivity index (χ0) is 32.2. The van der Waals surface area contributed by atoms with E-state index >= 15 is 4.39 Å². The van der Waals surface area contributed by atoms with Crippen LogP contribution < -0.4 is 15.5 Å². The maximum Gasteiger partial charge on any atom is 0.390 e. The van der Waals surface area contributed by atoms with E-state index in [2.05, 4.69) is 10.6 Å². The van der Waals surface area contributed by atoms with Crippen molar-refractivity contribution in [3.05, 3.63) is 58.1 Å². The number of amides is 2. The third-order valence-corrected chi connectivity index (χ3v) is 8.50. The van der Waals surface area contributed by atoms with Gasteiger partial charge in [-0.05, 0) is 63.0 Å². The Bertz CT molecular complexity index is 1340. The number of likely N-dealkylation sites (tertiary alicyclic amines) is 1. The number of carbonyl (C=O) groups excluding carboxylic acids is 2. The smallest absolute Gasteiger partial charge is 0.367 e. The van der Waals surface area contributed by atoms with Gasteiger partial charge in [0.2, 0.25) is 5.91 Å². The molecule has 2 fully saturated rings. The molecule has 2 heterocycles. The van der Waals surface area contributed by atoms with Gasteiger partial charge in [0.1, 0.15) is 0 Å². The number of alkyl halides is 3. The van der Waals surface area contributed by atoms with Crippen LogP contribution in [0.1, 0.15) is 55.5 Å². The lowest BCUT2D eigenvalue weighted by molar-refractivity contribution is -0.139. The van der Waals surface area contributed by atoms with Gasteiger partial charge in [-0.15, -0.1) is 0 Å². The molecular weight excluding hydrogens is 605 g/mol. The largest absolute Gasteiger partial charge is 0.390 e. The van der Waals surface area contributed by atoms with E-state index in [0.29, 0.717) is 48.9 Å². The van der Waals surface area contributed by atoms with E-state index in [1.807, 2.05) is 35.6 Å². The first-order valence-electron chi connectivity index (χ1n) is 14.8. The number of halogens is 6. The fourth-order valence-corrected chi connectivity index (χ4v) is 6.12. The average Bonchev–Trinajstić information content (AvgIpc) is 3.39. The minimum absolute atomic E-state index is 0.0835. The summed E-state index contributed by atoms with van der Waals surface area (Å²) in [6.07, 6.45) is -2.90. The van der Waals surface area contributed by atoms with Crippen LogP contribution in [0.3, 0.4) is 0 Å². The first-order valence-corrected chi connectivity index (χ1v) is 15.2. The monoisotopic (exact) mass is 643 g/mol. The Kier molecular flexibility index (Phi) is 11.1. The molecule has 44 heavy (non-hydrogen) atoms. The molecule has 2 atom stereocenters. The Hall–Kier alpha value is -2.96. The fraction of sp³-hybridized carbons (Fsp3) is 0.548. The van der Waals surface area contributed by atoms with Gasteiger partial charge in [0.15, 0.2) is 11.6 Å². The summed E-state index contributed by atoms with van der Waals surface area (Å²) in [5.74, 6) is -3.46. The van der Waals surface area contributed by atoms with Crippen molar-refractivity contribution in [2.75, 3.05) is 50.0 Å². The van der Waals surface area contributed by atoms with E-state index in [1.54, 1.807) is 18.2 Å². The third kappa shape index (κ3) is 8.60. The number of likely N-dealkylation sites (N-methyl/N-ethyl adjacent to an activating group) is 1. The zero-order valence-electron chi connectivity index (χ0n) is 25.1. The quantitative estimate of drug-likeness (QED) is 0.308. The van der Waals surface area contributed by atoms with Crippen molar-refractivity contribution < 1.29 is 31.5 Å². The Morgan fingerprint density at radius 3 is 2.48 bits per heavy atom. The Labute approximate surface area is 259 Å². The number of anilines is 2. The molecule has 2 saturated heterocycles. The number of rotatable bonds is 10. The van der Waals surface area contributed by atoms with Gasteiger partial charge in [-0.1, -0.05) is 31.5 Å². The van der Waals surface area contributed by atoms with Gasteiger partial charge in [0, 0.05) is 49.4 Å². The summed E-state index contributed by atoms with van der Waals surface area (Å²) in [6.45, 7) is 5.64. The van der Waals surface area contributed by atoms with Crippen molar-refractivity contribution in [2.24, 2.45) is 5.92 Å². The number of hydrogen-bond donors (Lipinski definition) is 2. The van der Waals surface area contributed by atoms with Crippen LogP contribution in [0.2, 0.25) is 5.02 Å². The fourth-order valence-electron chi connectivity index (χ4n) is 5.95. The Balaban J connectivity index is 1.48. The summed E-state index contributed by atoms with van der Waals surface area (Å²) >= 11 is 6.29. The summed E-state index contributed by atoms with van der Waals surface area (Å²) < 4.78 is 69.0. The average molecular weight is 644 g/mol. The molecular formula is C31H39ClF5N5O2. The molecule has 0 aliphatic carbocycles. The predicted octanol–water partition coefficient (Wildman–Crippen LogP) is 6.07. The molecule has 2 N–H and O–H groups in total. The lowest BCUT2D eigenvalue weighted by Crippen LogP contribution is -2.54. The summed E-state index contributed by atoms with van der Waals surface area (Å²) in [5.41, 5.74) is 0.249. The summed E-state index contributed by atoms with van der Waals surface area (Å²) in [7, 11) is 1.83. The van der Waals surface area contributed by atoms with Gasteiger partial charge in [-0.3, -0.25) is 19.4 Å². The van der Waals surface area contributed by atoms with Gasteiger partial charge >= 0.3 is 6.18 Å². The number of nitrogens with zero attached hydrogens (tertiary/aromatic N) is 3. The highest BCUT2D eigenvalue weighted by Gasteiger charge is 2.34. The van der Waals surface area contributed by atoms with Gasteiger partial charge < -0.3 is 15.5 Å². The molecule has 0 spiro atoms. The minimum atomic E-state index is -4.25. The summed E-state index contributed by atoms with van der Waals surface area (Å²) in [4.78, 5) is 31.3. The Morgan fingerprint density at radius 1 is 1.07 bits per heavy atom. The van der Waals surface area contributed by atoms with Crippen molar-refractivity contribution in [3.8, 4) is 0 Å². The van der Waals surface area contributed by atoms with Gasteiger partial charge in [0.25, 0.3) is 5.91 Å². The molecule has 2 aliphatic rings. The second-order valence-electron chi connectivity index (χ2n) is 12.0. The van der Waals surface area contributed by atoms with Crippen LogP contribution in [0.4, 0.5) is 33.3 Å². The zero-order valence-corrected chi connectivity index (χ0v) is 25.9. The Morgan fingerprint density at radius 2 is 1.82 bits per heavy atom. The van der Waals surface area contributed by atoms with Crippen molar-refractivity contribution >= 4 is 34.8 Å². The molecule has 4 rings (SSSR count). The first-order chi connectivity index (χ1) is 20.7. The highest BCUT2D eigenvalue weighted by molar-refractivity contribution is 6.31. The van der Waals surface area contributed by atoms with E-state index in [9.17, 15) is 27.2 Å². The van der Waals surface area contributed by atoms with Crippen LogP contribution in [0, 0.1) is 17.6 Å². The molecule has 2 aromatic carbocycles. The van der Waals surface area contributed by atoms with Crippen molar-refractivity contribution in [2.45, 2.75) is 64.3 Å². The van der Waals surface area contributed by atoms with Gasteiger partial charge in [-0.25, -0.2) is 8.78 Å². The van der Waals surface area contributed by atoms with E-state index in [4.69, 9.17) is 11.6 Å². The summed E-state index contributed by atoms with van der Waals surface area (Å²) in [6, 6.07) is 6.71. The minimum Gasteiger partial charge on any atom is -0.367 e. The van der Waals surface area contributed by atoms with Crippen LogP contribution in [0.5, 0.6) is 0 Å². The molecule has 2 aliphatic heterocycles. The standard InChI is InChI=1S/C31H39ClF5N5O2/c1-19(2)15-22-18-42(14-13-41(22)12-10-31(35,36)37)26-16-21(32)7-9-24(26)39-29(43)23-8-6-20(27(33)28(23)34)17-38-30(44)25-5-4-11-40(25)3/h6-9,16,19,22,25H,4-5,10-15,17-18H2,1-3H3,(H,38,44)(H,39,43)/t22-,25?/m0/s1. The van der Waals surface area contributed by atoms with E-state index in [-0.39, 0.29) is 42.6 Å². The molecule has 0 radical (unpaired) electrons. The first kappa shape index (κ1) is 33.9. The van der Waals surface area contributed by atoms with Crippen molar-refractivity contribution in [1.82, 2.24) is 15.1 Å². The molecule has 13 heteroatoms. The molecule has 1 unspecified atom stereocenters. The summed E-state index contributed by atoms with van der Waals surface area (Å²) in [5, 5.41) is 5.68. The maximum absolute atomic E-state index is 15.1. The lowest BCUT2D eigenvalue weighted by atomic mass is 9.99. The van der Waals surface area contributed by atoms with Gasteiger partial charge in [-0.2, -0.15) is 13.2 Å². The second-order valence-corrected chi connectivity index (χ2v) is 12.4. The van der Waals surface area contributed by atoms with Crippen LogP contribution in [0.15, 0.2) is 30.3 Å². The van der Waals surface area contributed by atoms with E-state index < -0.39 is 35.7 Å². The van der Waals surface area contributed by atoms with Crippen LogP contribution in [-0.4, -0.2) is 79.6 Å². The van der Waals surface area contributed by atoms with E-state index in [1.165, 1.54) is 12.1 Å². The molecule has 2 amide bonds. The lowest BCUT2D eigenvalue weighted by Gasteiger charge is -2.43. The highest BCUT2D eigenvalue weighted by atomic mass is 35.5. The second kappa shape index (κ2) is 14.4. The number of benzene rings is 2. The number of hydrogen-bond acceptors (Lipinski definition) is 5. The molecule has 0 saturated carbocycles. The van der Waals surface area contributed by atoms with Crippen molar-refractivity contribution in [1.29, 1.82) is 0 Å². The maximum atomic E-state index is 15.1. The molecule has 0 bridgehead atoms. The van der Waals surface area contributed by atoms with Crippen LogP contribution >= 0.6 is 11.6 Å². The van der Waals surface area contributed by atoms with E-state index in [0.717, 1.165) is 13.0 Å². The number of piperazine rings is 1. The molecule has 7 nitrogen and oxygen atoms in total. The predicted molar refractivity (Wildman–Crippen MR) is 161 cm³/mol. The SMILES string of the molecule is CC(C)C[C@H]1CN(c2cc(Cl)ccc2NC(=O)c2ccc(CNC(=O)C3CCCN3C)c(F)c2F)CCN1CCC(F)(F)F. The van der Waals surface area contributed by atoms with Gasteiger partial charge in [0.05, 0.1) is 29.4 Å².